The van der Waals surface area contributed by atoms with Crippen LogP contribution in [0.5, 0.6) is 5.75 Å². The van der Waals surface area contributed by atoms with Gasteiger partial charge in [0.2, 0.25) is 0 Å². The average molecular weight is 304 g/mol. The summed E-state index contributed by atoms with van der Waals surface area (Å²) >= 11 is 1.45. The Morgan fingerprint density at radius 3 is 3.00 bits per heavy atom. The van der Waals surface area contributed by atoms with E-state index in [-0.39, 0.29) is 12.6 Å². The van der Waals surface area contributed by atoms with Gasteiger partial charge in [0.25, 0.3) is 0 Å². The molecule has 0 fully saturated rings. The average Bonchev–Trinajstić information content (AvgIpc) is 2.99. The minimum Gasteiger partial charge on any atom is -0.493 e. The number of anilines is 1. The van der Waals surface area contributed by atoms with Gasteiger partial charge in [0.05, 0.1) is 18.2 Å². The van der Waals surface area contributed by atoms with E-state index in [0.29, 0.717) is 24.3 Å². The van der Waals surface area contributed by atoms with Crippen molar-refractivity contribution in [3.63, 3.8) is 0 Å². The molecular weight excluding hydrogens is 288 g/mol. The topological polar surface area (TPSA) is 70.6 Å². The summed E-state index contributed by atoms with van der Waals surface area (Å²) in [6, 6.07) is 10.7. The van der Waals surface area contributed by atoms with Crippen molar-refractivity contribution < 1.29 is 14.6 Å². The first-order valence-electron chi connectivity index (χ1n) is 6.70. The Bertz CT molecular complexity index is 630. The first-order valence-corrected chi connectivity index (χ1v) is 7.58. The number of para-hydroxylation sites is 1. The summed E-state index contributed by atoms with van der Waals surface area (Å²) in [7, 11) is 0. The van der Waals surface area contributed by atoms with Crippen LogP contribution in [0.2, 0.25) is 0 Å². The van der Waals surface area contributed by atoms with Crippen molar-refractivity contribution in [1.82, 2.24) is 5.32 Å². The number of nitrogens with one attached hydrogen (secondary N) is 2. The van der Waals surface area contributed by atoms with Gasteiger partial charge in [-0.1, -0.05) is 18.2 Å². The molecule has 1 aliphatic rings. The van der Waals surface area contributed by atoms with Crippen LogP contribution < -0.4 is 15.4 Å². The van der Waals surface area contributed by atoms with Crippen LogP contribution in [0.4, 0.5) is 9.80 Å². The number of benzene rings is 1. The van der Waals surface area contributed by atoms with Crippen LogP contribution in [0.3, 0.4) is 0 Å². The third-order valence-electron chi connectivity index (χ3n) is 3.46. The highest BCUT2D eigenvalue weighted by Gasteiger charge is 2.35. The number of amides is 2. The second-order valence-electron chi connectivity index (χ2n) is 4.91. The lowest BCUT2D eigenvalue weighted by Crippen LogP contribution is -2.45. The van der Waals surface area contributed by atoms with Crippen molar-refractivity contribution in [2.75, 3.05) is 18.5 Å². The fourth-order valence-electron chi connectivity index (χ4n) is 2.36. The zero-order valence-electron chi connectivity index (χ0n) is 11.3. The number of ether oxygens (including phenoxy) is 1. The number of hydrogen-bond donors (Lipinski definition) is 3. The summed E-state index contributed by atoms with van der Waals surface area (Å²) in [6.07, 6.45) is 0.448. The highest BCUT2D eigenvalue weighted by atomic mass is 32.1. The van der Waals surface area contributed by atoms with Crippen LogP contribution >= 0.6 is 11.3 Å². The molecule has 1 unspecified atom stereocenters. The number of aliphatic hydroxyl groups is 1. The molecule has 1 atom stereocenters. The van der Waals surface area contributed by atoms with Gasteiger partial charge in [-0.05, 0) is 23.6 Å². The van der Waals surface area contributed by atoms with Gasteiger partial charge in [-0.25, -0.2) is 4.79 Å². The minimum absolute atomic E-state index is 0.143. The molecule has 5 nitrogen and oxygen atoms in total. The predicted octanol–water partition coefficient (Wildman–Crippen LogP) is 2.54. The van der Waals surface area contributed by atoms with Crippen molar-refractivity contribution in [2.45, 2.75) is 12.0 Å². The highest BCUT2D eigenvalue weighted by Crippen LogP contribution is 2.36. The second kappa shape index (κ2) is 5.75. The van der Waals surface area contributed by atoms with Gasteiger partial charge >= 0.3 is 6.03 Å². The van der Waals surface area contributed by atoms with Gasteiger partial charge < -0.3 is 15.2 Å². The first kappa shape index (κ1) is 13.9. The van der Waals surface area contributed by atoms with E-state index < -0.39 is 5.60 Å². The number of urea groups is 1. The molecule has 0 aliphatic carbocycles. The van der Waals surface area contributed by atoms with Gasteiger partial charge in [0, 0.05) is 12.0 Å². The molecule has 2 heterocycles. The molecule has 0 spiro atoms. The summed E-state index contributed by atoms with van der Waals surface area (Å²) in [5.74, 6) is 0.673. The van der Waals surface area contributed by atoms with Gasteiger partial charge in [-0.3, -0.25) is 5.32 Å². The Morgan fingerprint density at radius 2 is 2.19 bits per heavy atom. The monoisotopic (exact) mass is 304 g/mol. The maximum absolute atomic E-state index is 11.8. The van der Waals surface area contributed by atoms with E-state index in [4.69, 9.17) is 4.74 Å². The molecule has 2 aromatic rings. The molecule has 0 saturated heterocycles. The van der Waals surface area contributed by atoms with E-state index >= 15 is 0 Å². The fraction of sp³-hybridized carbons (Fsp3) is 0.267. The molecular formula is C15H16N2O3S. The number of rotatable bonds is 3. The molecule has 3 N–H and O–H groups in total. The van der Waals surface area contributed by atoms with Crippen LogP contribution in [-0.2, 0) is 5.60 Å². The number of thiophene rings is 1. The minimum atomic E-state index is -1.10. The molecule has 0 saturated carbocycles. The fourth-order valence-corrected chi connectivity index (χ4v) is 2.97. The normalized spacial score (nSPS) is 20.2. The molecule has 2 amide bonds. The highest BCUT2D eigenvalue weighted by molar-refractivity contribution is 7.14. The number of carbonyl (C=O) groups excluding carboxylic acids is 1. The number of fused-ring (bicyclic) bond motifs is 1. The Kier molecular flexibility index (Phi) is 3.81. The molecule has 110 valence electrons. The Balaban J connectivity index is 1.66. The third kappa shape index (κ3) is 3.01. The van der Waals surface area contributed by atoms with Crippen LogP contribution in [0.1, 0.15) is 12.0 Å². The van der Waals surface area contributed by atoms with Crippen LogP contribution in [0.25, 0.3) is 0 Å². The van der Waals surface area contributed by atoms with E-state index in [9.17, 15) is 9.90 Å². The lowest BCUT2D eigenvalue weighted by Gasteiger charge is -2.34. The number of carbonyl (C=O) groups is 1. The van der Waals surface area contributed by atoms with Gasteiger partial charge in [-0.2, -0.15) is 0 Å². The quantitative estimate of drug-likeness (QED) is 0.816. The van der Waals surface area contributed by atoms with Crippen molar-refractivity contribution in [1.29, 1.82) is 0 Å². The van der Waals surface area contributed by atoms with Crippen LogP contribution in [0, 0.1) is 0 Å². The Morgan fingerprint density at radius 1 is 1.33 bits per heavy atom. The summed E-state index contributed by atoms with van der Waals surface area (Å²) in [6.45, 7) is 0.576. The SMILES string of the molecule is O=C(NCC1(O)CCOc2ccccc21)Nc1cccs1. The molecule has 0 radical (unpaired) electrons. The van der Waals surface area contributed by atoms with Crippen molar-refractivity contribution in [3.05, 3.63) is 47.3 Å². The van der Waals surface area contributed by atoms with E-state index in [2.05, 4.69) is 10.6 Å². The molecule has 21 heavy (non-hydrogen) atoms. The van der Waals surface area contributed by atoms with Crippen LogP contribution in [0.15, 0.2) is 41.8 Å². The molecule has 3 rings (SSSR count). The Hall–Kier alpha value is -2.05. The zero-order valence-corrected chi connectivity index (χ0v) is 12.2. The zero-order chi connectivity index (χ0) is 14.7. The maximum Gasteiger partial charge on any atom is 0.319 e. The molecule has 1 aliphatic heterocycles. The van der Waals surface area contributed by atoms with Gasteiger partial charge in [0.1, 0.15) is 11.4 Å². The second-order valence-corrected chi connectivity index (χ2v) is 5.86. The number of hydrogen-bond acceptors (Lipinski definition) is 4. The first-order chi connectivity index (χ1) is 10.2. The van der Waals surface area contributed by atoms with Gasteiger partial charge in [0.15, 0.2) is 0 Å². The third-order valence-corrected chi connectivity index (χ3v) is 4.25. The van der Waals surface area contributed by atoms with Gasteiger partial charge in [-0.15, -0.1) is 11.3 Å². The van der Waals surface area contributed by atoms with E-state index in [1.54, 1.807) is 0 Å². The Labute approximate surface area is 126 Å². The predicted molar refractivity (Wildman–Crippen MR) is 81.8 cm³/mol. The lowest BCUT2D eigenvalue weighted by atomic mass is 9.88. The maximum atomic E-state index is 11.8. The lowest BCUT2D eigenvalue weighted by molar-refractivity contribution is 0.000401. The van der Waals surface area contributed by atoms with Crippen LogP contribution in [-0.4, -0.2) is 24.3 Å². The summed E-state index contributed by atoms with van der Waals surface area (Å²) in [5.41, 5.74) is -0.380. The van der Waals surface area contributed by atoms with Crippen molar-refractivity contribution in [2.24, 2.45) is 0 Å². The summed E-state index contributed by atoms with van der Waals surface area (Å²) < 4.78 is 5.52. The van der Waals surface area contributed by atoms with Crippen molar-refractivity contribution >= 4 is 22.4 Å². The van der Waals surface area contributed by atoms with Crippen molar-refractivity contribution in [3.8, 4) is 5.75 Å². The van der Waals surface area contributed by atoms with E-state index in [1.807, 2.05) is 41.8 Å². The summed E-state index contributed by atoms with van der Waals surface area (Å²) in [5, 5.41) is 18.9. The molecule has 1 aromatic carbocycles. The molecule has 0 bridgehead atoms. The standard InChI is InChI=1S/C15H16N2O3S/c18-14(17-13-6-3-9-21-13)16-10-15(19)7-8-20-12-5-2-1-4-11(12)15/h1-6,9,19H,7-8,10H2,(H2,16,17,18). The largest absolute Gasteiger partial charge is 0.493 e. The molecule has 6 heteroatoms. The smallest absolute Gasteiger partial charge is 0.319 e. The molecule has 1 aromatic heterocycles. The summed E-state index contributed by atoms with van der Waals surface area (Å²) in [4.78, 5) is 11.8. The van der Waals surface area contributed by atoms with E-state index in [1.165, 1.54) is 11.3 Å². The van der Waals surface area contributed by atoms with E-state index in [0.717, 1.165) is 5.00 Å².